The number of nitrogens with zero attached hydrogens (tertiary/aromatic N) is 3. The standard InChI is InChI=1S/C19H28N4O3/c1-13-15(16(21-20-13)14-4-5-14)17(24)23-9-7-19(12-23)6-3-8-22(18(19)25)10-11-26-2/h14H,3-12H2,1-2H3,(H,20,21). The monoisotopic (exact) mass is 360 g/mol. The summed E-state index contributed by atoms with van der Waals surface area (Å²) in [5.41, 5.74) is 2.10. The molecule has 142 valence electrons. The van der Waals surface area contributed by atoms with Crippen LogP contribution in [-0.4, -0.2) is 71.7 Å². The highest BCUT2D eigenvalue weighted by atomic mass is 16.5. The number of carbonyl (C=O) groups is 2. The van der Waals surface area contributed by atoms with Crippen LogP contribution in [0.15, 0.2) is 0 Å². The number of amides is 2. The molecule has 0 radical (unpaired) electrons. The number of hydrogen-bond donors (Lipinski definition) is 1. The van der Waals surface area contributed by atoms with Crippen LogP contribution in [0.3, 0.4) is 0 Å². The van der Waals surface area contributed by atoms with E-state index in [0.29, 0.717) is 32.2 Å². The first-order valence-electron chi connectivity index (χ1n) is 9.68. The van der Waals surface area contributed by atoms with Gasteiger partial charge in [0.1, 0.15) is 0 Å². The molecule has 3 fully saturated rings. The molecule has 1 unspecified atom stereocenters. The third-order valence-corrected chi connectivity index (χ3v) is 6.18. The SMILES string of the molecule is COCCN1CCCC2(CCN(C(=O)c3c(C4CC4)n[nH]c3C)C2)C1=O. The zero-order chi connectivity index (χ0) is 18.3. The molecule has 1 atom stereocenters. The molecule has 1 aromatic heterocycles. The van der Waals surface area contributed by atoms with Crippen LogP contribution in [0.1, 0.15) is 59.8 Å². The van der Waals surface area contributed by atoms with Gasteiger partial charge in [-0.15, -0.1) is 0 Å². The highest BCUT2D eigenvalue weighted by Crippen LogP contribution is 2.43. The Morgan fingerprint density at radius 3 is 2.88 bits per heavy atom. The molecule has 4 rings (SSSR count). The Labute approximate surface area is 154 Å². The predicted octanol–water partition coefficient (Wildman–Crippen LogP) is 1.70. The van der Waals surface area contributed by atoms with E-state index < -0.39 is 5.41 Å². The first-order chi connectivity index (χ1) is 12.6. The van der Waals surface area contributed by atoms with E-state index >= 15 is 0 Å². The lowest BCUT2D eigenvalue weighted by Crippen LogP contribution is -2.51. The second-order valence-corrected chi connectivity index (χ2v) is 8.03. The van der Waals surface area contributed by atoms with Crippen molar-refractivity contribution in [1.29, 1.82) is 0 Å². The largest absolute Gasteiger partial charge is 0.383 e. The number of aryl methyl sites for hydroxylation is 1. The van der Waals surface area contributed by atoms with Crippen LogP contribution in [0.4, 0.5) is 0 Å². The first-order valence-corrected chi connectivity index (χ1v) is 9.68. The Hall–Kier alpha value is -1.89. The topological polar surface area (TPSA) is 78.5 Å². The molecule has 3 heterocycles. The average molecular weight is 360 g/mol. The number of rotatable bonds is 5. The number of H-pyrrole nitrogens is 1. The minimum Gasteiger partial charge on any atom is -0.383 e. The molecular weight excluding hydrogens is 332 g/mol. The fourth-order valence-electron chi connectivity index (χ4n) is 4.52. The second-order valence-electron chi connectivity index (χ2n) is 8.03. The smallest absolute Gasteiger partial charge is 0.257 e. The molecule has 1 aliphatic carbocycles. The van der Waals surface area contributed by atoms with Crippen LogP contribution in [-0.2, 0) is 9.53 Å². The Kier molecular flexibility index (Phi) is 4.50. The Balaban J connectivity index is 1.50. The van der Waals surface area contributed by atoms with Crippen molar-refractivity contribution in [2.45, 2.75) is 44.9 Å². The van der Waals surface area contributed by atoms with Gasteiger partial charge < -0.3 is 14.5 Å². The molecule has 2 aliphatic heterocycles. The van der Waals surface area contributed by atoms with Crippen LogP contribution in [0.25, 0.3) is 0 Å². The molecule has 0 aromatic carbocycles. The van der Waals surface area contributed by atoms with Gasteiger partial charge in [-0.3, -0.25) is 14.7 Å². The molecule has 7 heteroatoms. The summed E-state index contributed by atoms with van der Waals surface area (Å²) in [6, 6.07) is 0. The van der Waals surface area contributed by atoms with Gasteiger partial charge in [0, 0.05) is 44.9 Å². The lowest BCUT2D eigenvalue weighted by molar-refractivity contribution is -0.146. The van der Waals surface area contributed by atoms with E-state index in [9.17, 15) is 9.59 Å². The average Bonchev–Trinajstić information content (AvgIpc) is 3.28. The summed E-state index contributed by atoms with van der Waals surface area (Å²) in [5.74, 6) is 0.663. The molecule has 2 amide bonds. The van der Waals surface area contributed by atoms with E-state index in [4.69, 9.17) is 4.74 Å². The van der Waals surface area contributed by atoms with Crippen molar-refractivity contribution in [1.82, 2.24) is 20.0 Å². The lowest BCUT2D eigenvalue weighted by atomic mass is 9.78. The van der Waals surface area contributed by atoms with Crippen molar-refractivity contribution in [2.75, 3.05) is 39.9 Å². The molecule has 3 aliphatic rings. The number of aromatic nitrogens is 2. The summed E-state index contributed by atoms with van der Waals surface area (Å²) in [5, 5.41) is 7.36. The Morgan fingerprint density at radius 1 is 1.35 bits per heavy atom. The zero-order valence-corrected chi connectivity index (χ0v) is 15.7. The van der Waals surface area contributed by atoms with Gasteiger partial charge in [-0.2, -0.15) is 5.10 Å². The minimum absolute atomic E-state index is 0.0387. The molecule has 0 bridgehead atoms. The van der Waals surface area contributed by atoms with Crippen LogP contribution in [0.5, 0.6) is 0 Å². The molecular formula is C19H28N4O3. The van der Waals surface area contributed by atoms with Crippen molar-refractivity contribution in [3.8, 4) is 0 Å². The van der Waals surface area contributed by atoms with Crippen LogP contribution >= 0.6 is 0 Å². The molecule has 1 saturated carbocycles. The fourth-order valence-corrected chi connectivity index (χ4v) is 4.52. The number of nitrogens with one attached hydrogen (secondary N) is 1. The summed E-state index contributed by atoms with van der Waals surface area (Å²) < 4.78 is 5.14. The van der Waals surface area contributed by atoms with E-state index in [1.807, 2.05) is 16.7 Å². The van der Waals surface area contributed by atoms with E-state index in [1.54, 1.807) is 7.11 Å². The van der Waals surface area contributed by atoms with Gasteiger partial charge in [-0.25, -0.2) is 0 Å². The fraction of sp³-hybridized carbons (Fsp3) is 0.737. The van der Waals surface area contributed by atoms with Crippen LogP contribution < -0.4 is 0 Å². The van der Waals surface area contributed by atoms with Crippen molar-refractivity contribution < 1.29 is 14.3 Å². The maximum atomic E-state index is 13.2. The maximum absolute atomic E-state index is 13.2. The van der Waals surface area contributed by atoms with Crippen molar-refractivity contribution >= 4 is 11.8 Å². The third kappa shape index (κ3) is 2.92. The number of likely N-dealkylation sites (tertiary alicyclic amines) is 2. The molecule has 2 saturated heterocycles. The molecule has 1 N–H and O–H groups in total. The van der Waals surface area contributed by atoms with Crippen molar-refractivity contribution in [3.63, 3.8) is 0 Å². The summed E-state index contributed by atoms with van der Waals surface area (Å²) in [6.07, 6.45) is 4.86. The summed E-state index contributed by atoms with van der Waals surface area (Å²) in [4.78, 5) is 30.1. The number of hydrogen-bond acceptors (Lipinski definition) is 4. The summed E-state index contributed by atoms with van der Waals surface area (Å²) in [6.45, 7) is 5.09. The van der Waals surface area contributed by atoms with Crippen molar-refractivity contribution in [3.05, 3.63) is 17.0 Å². The first kappa shape index (κ1) is 17.5. The number of piperidine rings is 1. The van der Waals surface area contributed by atoms with E-state index in [2.05, 4.69) is 10.2 Å². The molecule has 1 aromatic rings. The van der Waals surface area contributed by atoms with Gasteiger partial charge >= 0.3 is 0 Å². The van der Waals surface area contributed by atoms with Crippen molar-refractivity contribution in [2.24, 2.45) is 5.41 Å². The zero-order valence-electron chi connectivity index (χ0n) is 15.7. The number of methoxy groups -OCH3 is 1. The molecule has 1 spiro atoms. The van der Waals surface area contributed by atoms with Gasteiger partial charge in [0.25, 0.3) is 5.91 Å². The van der Waals surface area contributed by atoms with Gasteiger partial charge in [-0.05, 0) is 39.0 Å². The molecule has 7 nitrogen and oxygen atoms in total. The maximum Gasteiger partial charge on any atom is 0.257 e. The third-order valence-electron chi connectivity index (χ3n) is 6.18. The van der Waals surface area contributed by atoms with Crippen LogP contribution in [0, 0.1) is 12.3 Å². The van der Waals surface area contributed by atoms with Gasteiger partial charge in [0.15, 0.2) is 0 Å². The minimum atomic E-state index is -0.404. The summed E-state index contributed by atoms with van der Waals surface area (Å²) in [7, 11) is 1.66. The highest BCUT2D eigenvalue weighted by Gasteiger charge is 2.50. The quantitative estimate of drug-likeness (QED) is 0.867. The van der Waals surface area contributed by atoms with E-state index in [0.717, 1.165) is 55.6 Å². The van der Waals surface area contributed by atoms with E-state index in [-0.39, 0.29) is 11.8 Å². The van der Waals surface area contributed by atoms with Gasteiger partial charge in [-0.1, -0.05) is 0 Å². The summed E-state index contributed by atoms with van der Waals surface area (Å²) >= 11 is 0. The van der Waals surface area contributed by atoms with Gasteiger partial charge in [0.2, 0.25) is 5.91 Å². The van der Waals surface area contributed by atoms with Gasteiger partial charge in [0.05, 0.1) is 23.3 Å². The Morgan fingerprint density at radius 2 is 2.15 bits per heavy atom. The number of ether oxygens (including phenoxy) is 1. The number of carbonyl (C=O) groups excluding carboxylic acids is 2. The highest BCUT2D eigenvalue weighted by molar-refractivity contribution is 5.97. The lowest BCUT2D eigenvalue weighted by Gasteiger charge is -2.39. The normalized spacial score (nSPS) is 26.2. The molecule has 26 heavy (non-hydrogen) atoms. The van der Waals surface area contributed by atoms with E-state index in [1.165, 1.54) is 0 Å². The predicted molar refractivity (Wildman–Crippen MR) is 95.9 cm³/mol. The number of aromatic amines is 1. The van der Waals surface area contributed by atoms with Crippen LogP contribution in [0.2, 0.25) is 0 Å². The Bertz CT molecular complexity index is 712. The second kappa shape index (κ2) is 6.68.